The van der Waals surface area contributed by atoms with Crippen LogP contribution in [0.2, 0.25) is 0 Å². The van der Waals surface area contributed by atoms with Crippen molar-refractivity contribution in [2.24, 2.45) is 0 Å². The minimum Gasteiger partial charge on any atom is -0.508 e. The van der Waals surface area contributed by atoms with Crippen LogP contribution in [0.5, 0.6) is 5.75 Å². The summed E-state index contributed by atoms with van der Waals surface area (Å²) in [6, 6.07) is 8.31. The van der Waals surface area contributed by atoms with Crippen molar-refractivity contribution in [1.82, 2.24) is 4.90 Å². The topological polar surface area (TPSA) is 73.6 Å². The zero-order chi connectivity index (χ0) is 15.4. The highest BCUT2D eigenvalue weighted by molar-refractivity contribution is 6.01. The van der Waals surface area contributed by atoms with Crippen molar-refractivity contribution in [2.75, 3.05) is 13.1 Å². The van der Waals surface area contributed by atoms with Gasteiger partial charge in [-0.2, -0.15) is 5.26 Å². The number of rotatable bonds is 2. The molecule has 0 radical (unpaired) electrons. The molecule has 5 heteroatoms. The number of aromatic hydroxyl groups is 1. The SMILES string of the molecule is CC1CN(C(=O)/C(C#N)=C/c2ccc(O)cc2)CC(C)O1. The Balaban J connectivity index is 2.18. The van der Waals surface area contributed by atoms with Crippen molar-refractivity contribution in [3.05, 3.63) is 35.4 Å². The Bertz CT molecular complexity index is 577. The van der Waals surface area contributed by atoms with Crippen molar-refractivity contribution in [3.63, 3.8) is 0 Å². The van der Waals surface area contributed by atoms with Crippen LogP contribution in [0.3, 0.4) is 0 Å². The van der Waals surface area contributed by atoms with E-state index in [1.165, 1.54) is 18.2 Å². The Morgan fingerprint density at radius 3 is 2.43 bits per heavy atom. The van der Waals surface area contributed by atoms with Crippen LogP contribution in [-0.2, 0) is 9.53 Å². The molecule has 1 fully saturated rings. The van der Waals surface area contributed by atoms with Crippen molar-refractivity contribution in [1.29, 1.82) is 5.26 Å². The lowest BCUT2D eigenvalue weighted by atomic mass is 10.1. The number of hydrogen-bond donors (Lipinski definition) is 1. The van der Waals surface area contributed by atoms with Gasteiger partial charge in [-0.15, -0.1) is 0 Å². The number of carbonyl (C=O) groups is 1. The number of ether oxygens (including phenoxy) is 1. The van der Waals surface area contributed by atoms with Crippen LogP contribution in [0.25, 0.3) is 6.08 Å². The molecule has 2 atom stereocenters. The molecule has 2 rings (SSSR count). The maximum Gasteiger partial charge on any atom is 0.264 e. The maximum absolute atomic E-state index is 12.4. The molecule has 2 unspecified atom stereocenters. The second-order valence-corrected chi connectivity index (χ2v) is 5.23. The van der Waals surface area contributed by atoms with Crippen LogP contribution < -0.4 is 0 Å². The zero-order valence-electron chi connectivity index (χ0n) is 12.1. The Morgan fingerprint density at radius 1 is 1.33 bits per heavy atom. The maximum atomic E-state index is 12.4. The summed E-state index contributed by atoms with van der Waals surface area (Å²) in [7, 11) is 0. The summed E-state index contributed by atoms with van der Waals surface area (Å²) in [5.74, 6) is -0.139. The van der Waals surface area contributed by atoms with Gasteiger partial charge in [-0.05, 0) is 37.6 Å². The van der Waals surface area contributed by atoms with E-state index in [1.807, 2.05) is 19.9 Å². The van der Waals surface area contributed by atoms with Crippen molar-refractivity contribution >= 4 is 12.0 Å². The van der Waals surface area contributed by atoms with E-state index >= 15 is 0 Å². The van der Waals surface area contributed by atoms with E-state index < -0.39 is 0 Å². The van der Waals surface area contributed by atoms with Crippen LogP contribution in [0.1, 0.15) is 19.4 Å². The van der Waals surface area contributed by atoms with Gasteiger partial charge in [0.25, 0.3) is 5.91 Å². The molecule has 1 aliphatic heterocycles. The highest BCUT2D eigenvalue weighted by Gasteiger charge is 2.27. The number of carbonyl (C=O) groups excluding carboxylic acids is 1. The fourth-order valence-corrected chi connectivity index (χ4v) is 2.39. The van der Waals surface area contributed by atoms with Gasteiger partial charge in [0.2, 0.25) is 0 Å². The highest BCUT2D eigenvalue weighted by Crippen LogP contribution is 2.16. The zero-order valence-corrected chi connectivity index (χ0v) is 12.1. The molecule has 0 bridgehead atoms. The summed E-state index contributed by atoms with van der Waals surface area (Å²) in [4.78, 5) is 14.1. The van der Waals surface area contributed by atoms with Crippen LogP contribution in [0, 0.1) is 11.3 Å². The predicted octanol–water partition coefficient (Wildman–Crippen LogP) is 1.93. The van der Waals surface area contributed by atoms with Crippen LogP contribution in [0.4, 0.5) is 0 Å². The van der Waals surface area contributed by atoms with Gasteiger partial charge in [0.05, 0.1) is 12.2 Å². The second kappa shape index (κ2) is 6.42. The van der Waals surface area contributed by atoms with Gasteiger partial charge < -0.3 is 14.7 Å². The Morgan fingerprint density at radius 2 is 1.90 bits per heavy atom. The Kier molecular flexibility index (Phi) is 4.61. The van der Waals surface area contributed by atoms with Gasteiger partial charge in [0, 0.05) is 13.1 Å². The van der Waals surface area contributed by atoms with Crippen molar-refractivity contribution in [3.8, 4) is 11.8 Å². The van der Waals surface area contributed by atoms with E-state index in [0.717, 1.165) is 0 Å². The van der Waals surface area contributed by atoms with Gasteiger partial charge in [-0.3, -0.25) is 4.79 Å². The van der Waals surface area contributed by atoms with Crippen molar-refractivity contribution < 1.29 is 14.6 Å². The van der Waals surface area contributed by atoms with Crippen molar-refractivity contribution in [2.45, 2.75) is 26.1 Å². The molecule has 1 N–H and O–H groups in total. The molecule has 0 spiro atoms. The average molecular weight is 286 g/mol. The largest absolute Gasteiger partial charge is 0.508 e. The van der Waals surface area contributed by atoms with Gasteiger partial charge in [-0.1, -0.05) is 12.1 Å². The molecule has 0 aliphatic carbocycles. The molecule has 1 aromatic rings. The number of phenolic OH excluding ortho intramolecular Hbond substituents is 1. The van der Waals surface area contributed by atoms with Gasteiger partial charge in [-0.25, -0.2) is 0 Å². The molecule has 0 saturated carbocycles. The molecular formula is C16H18N2O3. The van der Waals surface area contributed by atoms with Gasteiger partial charge in [0.15, 0.2) is 0 Å². The monoisotopic (exact) mass is 286 g/mol. The first-order valence-corrected chi connectivity index (χ1v) is 6.85. The molecule has 110 valence electrons. The molecular weight excluding hydrogens is 268 g/mol. The number of hydrogen-bond acceptors (Lipinski definition) is 4. The standard InChI is InChI=1S/C16H18N2O3/c1-11-9-18(10-12(2)21-11)16(20)14(8-17)7-13-3-5-15(19)6-4-13/h3-7,11-12,19H,9-10H2,1-2H3/b14-7+. The van der Waals surface area contributed by atoms with Gasteiger partial charge >= 0.3 is 0 Å². The molecule has 1 saturated heterocycles. The summed E-state index contributed by atoms with van der Waals surface area (Å²) >= 11 is 0. The number of nitrogens with zero attached hydrogens (tertiary/aromatic N) is 2. The number of phenols is 1. The van der Waals surface area contributed by atoms with E-state index in [4.69, 9.17) is 4.74 Å². The fourth-order valence-electron chi connectivity index (χ4n) is 2.39. The Labute approximate surface area is 124 Å². The lowest BCUT2D eigenvalue weighted by Crippen LogP contribution is -2.48. The van der Waals surface area contributed by atoms with Gasteiger partial charge in [0.1, 0.15) is 17.4 Å². The van der Waals surface area contributed by atoms with Crippen LogP contribution >= 0.6 is 0 Å². The highest BCUT2D eigenvalue weighted by atomic mass is 16.5. The normalized spacial score (nSPS) is 22.7. The molecule has 5 nitrogen and oxygen atoms in total. The molecule has 21 heavy (non-hydrogen) atoms. The first kappa shape index (κ1) is 15.1. The lowest BCUT2D eigenvalue weighted by Gasteiger charge is -2.35. The Hall–Kier alpha value is -2.32. The first-order valence-electron chi connectivity index (χ1n) is 6.85. The number of amides is 1. The quantitative estimate of drug-likeness (QED) is 0.666. The van der Waals surface area contributed by atoms with E-state index in [2.05, 4.69) is 0 Å². The average Bonchev–Trinajstić information content (AvgIpc) is 2.45. The summed E-state index contributed by atoms with van der Waals surface area (Å²) in [6.45, 7) is 4.78. The summed E-state index contributed by atoms with van der Waals surface area (Å²) < 4.78 is 5.59. The molecule has 1 aromatic carbocycles. The molecule has 0 aromatic heterocycles. The minimum absolute atomic E-state index is 0.0358. The summed E-state index contributed by atoms with van der Waals surface area (Å²) in [5.41, 5.74) is 0.786. The van der Waals surface area contributed by atoms with E-state index in [9.17, 15) is 15.2 Å². The van der Waals surface area contributed by atoms with Crippen LogP contribution in [0.15, 0.2) is 29.8 Å². The third kappa shape index (κ3) is 3.83. The number of morpholine rings is 1. The van der Waals surface area contributed by atoms with E-state index in [-0.39, 0.29) is 29.4 Å². The second-order valence-electron chi connectivity index (χ2n) is 5.23. The lowest BCUT2D eigenvalue weighted by molar-refractivity contribution is -0.138. The van der Waals surface area contributed by atoms with E-state index in [1.54, 1.807) is 17.0 Å². The minimum atomic E-state index is -0.285. The molecule has 1 amide bonds. The molecule has 1 aliphatic rings. The third-order valence-corrected chi connectivity index (χ3v) is 3.26. The smallest absolute Gasteiger partial charge is 0.264 e. The summed E-state index contributed by atoms with van der Waals surface area (Å²) in [6.07, 6.45) is 1.46. The fraction of sp³-hybridized carbons (Fsp3) is 0.375. The number of nitriles is 1. The predicted molar refractivity (Wildman–Crippen MR) is 78.3 cm³/mol. The summed E-state index contributed by atoms with van der Waals surface area (Å²) in [5, 5.41) is 18.5. The first-order chi connectivity index (χ1) is 9.99. The van der Waals surface area contributed by atoms with Crippen LogP contribution in [-0.4, -0.2) is 41.2 Å². The molecule has 1 heterocycles. The number of benzene rings is 1. The van der Waals surface area contributed by atoms with E-state index in [0.29, 0.717) is 18.7 Å². The third-order valence-electron chi connectivity index (χ3n) is 3.26.